The van der Waals surface area contributed by atoms with Gasteiger partial charge in [0.05, 0.1) is 16.3 Å². The second kappa shape index (κ2) is 9.40. The van der Waals surface area contributed by atoms with Crippen LogP contribution in [-0.4, -0.2) is 33.9 Å². The molecule has 11 heteroatoms. The van der Waals surface area contributed by atoms with E-state index in [9.17, 15) is 18.0 Å². The number of halogens is 5. The van der Waals surface area contributed by atoms with Crippen LogP contribution >= 0.6 is 35.0 Å². The predicted molar refractivity (Wildman–Crippen MR) is 109 cm³/mol. The first-order valence-corrected chi connectivity index (χ1v) is 10.7. The van der Waals surface area contributed by atoms with Crippen LogP contribution in [0.5, 0.6) is 0 Å². The van der Waals surface area contributed by atoms with Gasteiger partial charge in [-0.2, -0.15) is 24.9 Å². The molecule has 0 spiro atoms. The third-order valence-electron chi connectivity index (χ3n) is 4.37. The summed E-state index contributed by atoms with van der Waals surface area (Å²) in [6.07, 6.45) is -2.10. The molecule has 1 amide bonds. The number of benzene rings is 1. The van der Waals surface area contributed by atoms with Gasteiger partial charge < -0.3 is 10.6 Å². The van der Waals surface area contributed by atoms with Crippen molar-refractivity contribution in [2.24, 2.45) is 5.92 Å². The van der Waals surface area contributed by atoms with Gasteiger partial charge >= 0.3 is 6.18 Å². The summed E-state index contributed by atoms with van der Waals surface area (Å²) in [7, 11) is 0. The number of thioether (sulfide) groups is 1. The summed E-state index contributed by atoms with van der Waals surface area (Å²) in [5.74, 6) is 1.08. The van der Waals surface area contributed by atoms with E-state index < -0.39 is 23.3 Å². The predicted octanol–water partition coefficient (Wildman–Crippen LogP) is 5.42. The first-order valence-electron chi connectivity index (χ1n) is 8.76. The van der Waals surface area contributed by atoms with Crippen LogP contribution in [0.15, 0.2) is 24.4 Å². The molecule has 0 bridgehead atoms. The van der Waals surface area contributed by atoms with Crippen molar-refractivity contribution < 1.29 is 18.0 Å². The van der Waals surface area contributed by atoms with Crippen molar-refractivity contribution in [1.82, 2.24) is 15.3 Å². The maximum atomic E-state index is 13.5. The molecule has 0 radical (unpaired) electrons. The third-order valence-corrected chi connectivity index (χ3v) is 5.97. The van der Waals surface area contributed by atoms with E-state index in [-0.39, 0.29) is 22.6 Å². The van der Waals surface area contributed by atoms with Gasteiger partial charge in [0, 0.05) is 17.8 Å². The fraction of sp³-hybridized carbons (Fsp3) is 0.389. The summed E-state index contributed by atoms with van der Waals surface area (Å²) in [6, 6.07) is 4.44. The van der Waals surface area contributed by atoms with Gasteiger partial charge in [0.2, 0.25) is 5.95 Å². The van der Waals surface area contributed by atoms with Gasteiger partial charge in [0.25, 0.3) is 5.91 Å². The lowest BCUT2D eigenvalue weighted by molar-refractivity contribution is -0.141. The summed E-state index contributed by atoms with van der Waals surface area (Å²) in [4.78, 5) is 19.7. The highest BCUT2D eigenvalue weighted by molar-refractivity contribution is 7.99. The maximum absolute atomic E-state index is 13.5. The van der Waals surface area contributed by atoms with Crippen molar-refractivity contribution >= 4 is 52.5 Å². The minimum Gasteiger partial charge on any atom is -0.352 e. The molecular formula is C18H17Cl2F3N4OS. The molecular weight excluding hydrogens is 448 g/mol. The van der Waals surface area contributed by atoms with Crippen molar-refractivity contribution in [3.05, 3.63) is 45.7 Å². The van der Waals surface area contributed by atoms with E-state index in [2.05, 4.69) is 20.6 Å². The van der Waals surface area contributed by atoms with Gasteiger partial charge in [-0.05, 0) is 48.5 Å². The summed E-state index contributed by atoms with van der Waals surface area (Å²) >= 11 is 13.7. The highest BCUT2D eigenvalue weighted by Gasteiger charge is 2.38. The lowest BCUT2D eigenvalue weighted by Gasteiger charge is -2.21. The molecule has 2 N–H and O–H groups in total. The number of nitrogens with zero attached hydrogens (tertiary/aromatic N) is 2. The van der Waals surface area contributed by atoms with E-state index in [0.29, 0.717) is 11.6 Å². The summed E-state index contributed by atoms with van der Waals surface area (Å²) in [5.41, 5.74) is -1.64. The molecule has 5 nitrogen and oxygen atoms in total. The first-order chi connectivity index (χ1) is 13.7. The van der Waals surface area contributed by atoms with E-state index in [1.165, 1.54) is 18.2 Å². The Balaban J connectivity index is 1.79. The Bertz CT molecular complexity index is 892. The molecule has 1 aromatic carbocycles. The molecule has 0 unspecified atom stereocenters. The van der Waals surface area contributed by atoms with Crippen LogP contribution in [0.1, 0.15) is 28.9 Å². The van der Waals surface area contributed by atoms with Crippen LogP contribution in [0.4, 0.5) is 24.8 Å². The lowest BCUT2D eigenvalue weighted by atomic mass is 10.0. The second-order valence-electron chi connectivity index (χ2n) is 6.47. The molecule has 1 fully saturated rings. The average molecular weight is 465 g/mol. The molecule has 1 saturated heterocycles. The summed E-state index contributed by atoms with van der Waals surface area (Å²) in [6.45, 7) is 0.330. The van der Waals surface area contributed by atoms with Crippen LogP contribution in [0.3, 0.4) is 0 Å². The molecule has 1 aliphatic heterocycles. The number of hydrogen-bond donors (Lipinski definition) is 2. The highest BCUT2D eigenvalue weighted by Crippen LogP contribution is 2.32. The van der Waals surface area contributed by atoms with Crippen LogP contribution in [0.2, 0.25) is 10.0 Å². The monoisotopic (exact) mass is 464 g/mol. The van der Waals surface area contributed by atoms with Crippen LogP contribution in [0.25, 0.3) is 0 Å². The number of alkyl halides is 3. The Hall–Kier alpha value is -1.71. The number of nitrogens with one attached hydrogen (secondary N) is 2. The topological polar surface area (TPSA) is 66.9 Å². The Morgan fingerprint density at radius 1 is 1.24 bits per heavy atom. The minimum absolute atomic E-state index is 0.196. The average Bonchev–Trinajstić information content (AvgIpc) is 2.68. The molecule has 29 heavy (non-hydrogen) atoms. The van der Waals surface area contributed by atoms with Crippen LogP contribution in [0, 0.1) is 5.92 Å². The minimum atomic E-state index is -4.82. The van der Waals surface area contributed by atoms with Crippen molar-refractivity contribution in [3.8, 4) is 0 Å². The van der Waals surface area contributed by atoms with Gasteiger partial charge in [-0.1, -0.05) is 23.2 Å². The molecule has 0 saturated carbocycles. The molecule has 156 valence electrons. The SMILES string of the molecule is O=C(NCC1CCSCC1)c1cnc(Nc2ccc(Cl)cc2Cl)nc1C(F)(F)F. The Kier molecular flexibility index (Phi) is 7.13. The lowest BCUT2D eigenvalue weighted by Crippen LogP contribution is -2.33. The molecule has 2 heterocycles. The number of hydrogen-bond acceptors (Lipinski definition) is 5. The van der Waals surface area contributed by atoms with Crippen LogP contribution in [-0.2, 0) is 6.18 Å². The Morgan fingerprint density at radius 2 is 1.97 bits per heavy atom. The number of amides is 1. The van der Waals surface area contributed by atoms with Crippen molar-refractivity contribution in [1.29, 1.82) is 0 Å². The Labute approximate surface area is 179 Å². The van der Waals surface area contributed by atoms with Gasteiger partial charge in [-0.25, -0.2) is 9.97 Å². The number of carbonyl (C=O) groups excluding carboxylic acids is 1. The molecule has 0 atom stereocenters. The maximum Gasteiger partial charge on any atom is 0.434 e. The van der Waals surface area contributed by atoms with Gasteiger partial charge in [-0.3, -0.25) is 4.79 Å². The summed E-state index contributed by atoms with van der Waals surface area (Å²) < 4.78 is 40.5. The van der Waals surface area contributed by atoms with E-state index >= 15 is 0 Å². The quantitative estimate of drug-likeness (QED) is 0.618. The molecule has 1 aliphatic rings. The van der Waals surface area contributed by atoms with E-state index in [4.69, 9.17) is 23.2 Å². The largest absolute Gasteiger partial charge is 0.434 e. The van der Waals surface area contributed by atoms with E-state index in [0.717, 1.165) is 30.5 Å². The first kappa shape index (κ1) is 22.0. The fourth-order valence-electron chi connectivity index (χ4n) is 2.82. The zero-order valence-electron chi connectivity index (χ0n) is 15.0. The van der Waals surface area contributed by atoms with Crippen molar-refractivity contribution in [2.45, 2.75) is 19.0 Å². The van der Waals surface area contributed by atoms with Crippen molar-refractivity contribution in [2.75, 3.05) is 23.4 Å². The van der Waals surface area contributed by atoms with Gasteiger partial charge in [0.15, 0.2) is 5.69 Å². The van der Waals surface area contributed by atoms with Gasteiger partial charge in [-0.15, -0.1) is 0 Å². The zero-order valence-corrected chi connectivity index (χ0v) is 17.4. The zero-order chi connectivity index (χ0) is 21.0. The number of rotatable bonds is 5. The molecule has 2 aromatic rings. The Morgan fingerprint density at radius 3 is 2.62 bits per heavy atom. The number of carbonyl (C=O) groups is 1. The number of aromatic nitrogens is 2. The standard InChI is InChI=1S/C18H17Cl2F3N4OS/c19-11-1-2-14(13(20)7-11)26-17-25-9-12(15(27-17)18(21,22)23)16(28)24-8-10-3-5-29-6-4-10/h1-2,7,9-10H,3-6,8H2,(H,24,28)(H,25,26,27). The van der Waals surface area contributed by atoms with Gasteiger partial charge in [0.1, 0.15) is 0 Å². The van der Waals surface area contributed by atoms with Crippen molar-refractivity contribution in [3.63, 3.8) is 0 Å². The summed E-state index contributed by atoms with van der Waals surface area (Å²) in [5, 5.41) is 5.77. The molecule has 1 aromatic heterocycles. The second-order valence-corrected chi connectivity index (χ2v) is 8.54. The molecule has 0 aliphatic carbocycles. The van der Waals surface area contributed by atoms with E-state index in [1.807, 2.05) is 11.8 Å². The molecule has 3 rings (SSSR count). The fourth-order valence-corrected chi connectivity index (χ4v) is 4.48. The highest BCUT2D eigenvalue weighted by atomic mass is 35.5. The normalized spacial score (nSPS) is 15.2. The number of anilines is 2. The smallest absolute Gasteiger partial charge is 0.352 e. The third kappa shape index (κ3) is 5.90. The van der Waals surface area contributed by atoms with E-state index in [1.54, 1.807) is 0 Å². The van der Waals surface area contributed by atoms with Crippen LogP contribution < -0.4 is 10.6 Å².